The summed E-state index contributed by atoms with van der Waals surface area (Å²) in [5.74, 6) is -0.175. The quantitative estimate of drug-likeness (QED) is 0.834. The molecule has 0 fully saturated rings. The van der Waals surface area contributed by atoms with Gasteiger partial charge >= 0.3 is 0 Å². The van der Waals surface area contributed by atoms with Crippen molar-refractivity contribution in [2.45, 2.75) is 19.4 Å². The summed E-state index contributed by atoms with van der Waals surface area (Å²) in [4.78, 5) is 15.5. The van der Waals surface area contributed by atoms with Crippen LogP contribution < -0.4 is 0 Å². The first-order valence-corrected chi connectivity index (χ1v) is 5.95. The zero-order valence-electron chi connectivity index (χ0n) is 9.64. The Hall–Kier alpha value is -1.68. The van der Waals surface area contributed by atoms with Crippen LogP contribution in [0.25, 0.3) is 0 Å². The number of carbonyl (C=O) groups is 1. The van der Waals surface area contributed by atoms with E-state index in [-0.39, 0.29) is 18.1 Å². The summed E-state index contributed by atoms with van der Waals surface area (Å²) in [5.41, 5.74) is 0.952. The number of aryl methyl sites for hydroxylation is 1. The average Bonchev–Trinajstić information content (AvgIpc) is 2.74. The molecule has 1 aromatic carbocycles. The monoisotopic (exact) mass is 266 g/mol. The van der Waals surface area contributed by atoms with Crippen molar-refractivity contribution in [3.63, 3.8) is 0 Å². The van der Waals surface area contributed by atoms with Gasteiger partial charge in [0.15, 0.2) is 5.78 Å². The van der Waals surface area contributed by atoms with E-state index in [4.69, 9.17) is 11.6 Å². The van der Waals surface area contributed by atoms with Crippen LogP contribution in [0.1, 0.15) is 12.0 Å². The lowest BCUT2D eigenvalue weighted by Gasteiger charge is -2.02. The van der Waals surface area contributed by atoms with Crippen molar-refractivity contribution in [2.75, 3.05) is 0 Å². The number of ketones is 1. The van der Waals surface area contributed by atoms with Gasteiger partial charge in [0.1, 0.15) is 11.0 Å². The largest absolute Gasteiger partial charge is 0.328 e. The highest BCUT2D eigenvalue weighted by Crippen LogP contribution is 2.07. The van der Waals surface area contributed by atoms with Crippen molar-refractivity contribution >= 4 is 17.4 Å². The number of hydrogen-bond donors (Lipinski definition) is 0. The number of aromatic nitrogens is 2. The fourth-order valence-corrected chi connectivity index (χ4v) is 1.81. The number of nitrogens with zero attached hydrogens (tertiary/aromatic N) is 2. The van der Waals surface area contributed by atoms with Gasteiger partial charge in [0, 0.05) is 12.6 Å². The van der Waals surface area contributed by atoms with E-state index in [1.165, 1.54) is 18.5 Å². The maximum Gasteiger partial charge on any atom is 0.152 e. The first kappa shape index (κ1) is 12.8. The van der Waals surface area contributed by atoms with Crippen molar-refractivity contribution in [1.82, 2.24) is 9.55 Å². The van der Waals surface area contributed by atoms with Gasteiger partial charge in [-0.1, -0.05) is 23.7 Å². The predicted molar refractivity (Wildman–Crippen MR) is 67.0 cm³/mol. The molecule has 1 heterocycles. The zero-order chi connectivity index (χ0) is 13.0. The number of imidazole rings is 1. The highest BCUT2D eigenvalue weighted by molar-refractivity contribution is 6.29. The molecule has 5 heteroatoms. The molecular weight excluding hydrogens is 255 g/mol. The normalized spacial score (nSPS) is 10.6. The standard InChI is InChI=1S/C13H12ClFN2O/c14-13-8-17(9-16-13)7-12(18)6-3-10-1-4-11(15)5-2-10/h1-2,4-5,8-9H,3,6-7H2. The predicted octanol–water partition coefficient (Wildman–Crippen LogP) is 2.88. The number of Topliss-reactive ketones (excluding diaryl/α,β-unsaturated/α-hetero) is 1. The second-order valence-electron chi connectivity index (χ2n) is 4.03. The minimum absolute atomic E-state index is 0.0911. The van der Waals surface area contributed by atoms with Crippen molar-refractivity contribution < 1.29 is 9.18 Å². The van der Waals surface area contributed by atoms with Gasteiger partial charge in [-0.15, -0.1) is 0 Å². The van der Waals surface area contributed by atoms with Crippen molar-refractivity contribution in [2.24, 2.45) is 0 Å². The molecule has 0 saturated carbocycles. The van der Waals surface area contributed by atoms with Crippen LogP contribution in [0, 0.1) is 5.82 Å². The van der Waals surface area contributed by atoms with Crippen molar-refractivity contribution in [1.29, 1.82) is 0 Å². The van der Waals surface area contributed by atoms with Crippen LogP contribution >= 0.6 is 11.6 Å². The van der Waals surface area contributed by atoms with Crippen LogP contribution in [0.3, 0.4) is 0 Å². The summed E-state index contributed by atoms with van der Waals surface area (Å²) < 4.78 is 14.3. The Balaban J connectivity index is 1.83. The first-order chi connectivity index (χ1) is 8.63. The minimum Gasteiger partial charge on any atom is -0.328 e. The lowest BCUT2D eigenvalue weighted by atomic mass is 10.1. The van der Waals surface area contributed by atoms with Crippen molar-refractivity contribution in [3.05, 3.63) is 53.3 Å². The third kappa shape index (κ3) is 3.67. The summed E-state index contributed by atoms with van der Waals surface area (Å²) in [6, 6.07) is 6.18. The molecule has 2 aromatic rings. The van der Waals surface area contributed by atoms with Crippen LogP contribution in [0.5, 0.6) is 0 Å². The van der Waals surface area contributed by atoms with E-state index >= 15 is 0 Å². The molecule has 1 aromatic heterocycles. The van der Waals surface area contributed by atoms with Crippen LogP contribution in [-0.4, -0.2) is 15.3 Å². The Kier molecular flexibility index (Phi) is 4.10. The second-order valence-corrected chi connectivity index (χ2v) is 4.42. The third-order valence-electron chi connectivity index (χ3n) is 2.57. The molecule has 0 spiro atoms. The Morgan fingerprint density at radius 1 is 1.33 bits per heavy atom. The number of hydrogen-bond acceptors (Lipinski definition) is 2. The molecule has 0 aliphatic carbocycles. The first-order valence-electron chi connectivity index (χ1n) is 5.57. The van der Waals surface area contributed by atoms with E-state index in [0.29, 0.717) is 18.0 Å². The van der Waals surface area contributed by atoms with Crippen LogP contribution in [0.15, 0.2) is 36.8 Å². The molecule has 3 nitrogen and oxygen atoms in total. The second kappa shape index (κ2) is 5.78. The van der Waals surface area contributed by atoms with E-state index in [1.807, 2.05) is 0 Å². The number of halogens is 2. The number of benzene rings is 1. The smallest absolute Gasteiger partial charge is 0.152 e. The third-order valence-corrected chi connectivity index (χ3v) is 2.76. The Bertz CT molecular complexity index is 536. The minimum atomic E-state index is -0.266. The molecule has 0 N–H and O–H groups in total. The summed E-state index contributed by atoms with van der Waals surface area (Å²) >= 11 is 5.65. The molecule has 0 amide bonds. The molecule has 18 heavy (non-hydrogen) atoms. The van der Waals surface area contributed by atoms with Gasteiger partial charge in [0.2, 0.25) is 0 Å². The Morgan fingerprint density at radius 2 is 2.06 bits per heavy atom. The highest BCUT2D eigenvalue weighted by Gasteiger charge is 2.05. The van der Waals surface area contributed by atoms with E-state index in [2.05, 4.69) is 4.98 Å². The summed E-state index contributed by atoms with van der Waals surface area (Å²) in [7, 11) is 0. The molecule has 0 saturated heterocycles. The van der Waals surface area contributed by atoms with Gasteiger partial charge in [-0.3, -0.25) is 4.79 Å². The lowest BCUT2D eigenvalue weighted by Crippen LogP contribution is -2.09. The fourth-order valence-electron chi connectivity index (χ4n) is 1.64. The molecule has 2 rings (SSSR count). The van der Waals surface area contributed by atoms with Gasteiger partial charge in [-0.25, -0.2) is 9.37 Å². The number of rotatable bonds is 5. The summed E-state index contributed by atoms with van der Waals surface area (Å²) in [6.45, 7) is 0.265. The van der Waals surface area contributed by atoms with Crippen molar-refractivity contribution in [3.8, 4) is 0 Å². The molecule has 0 atom stereocenters. The highest BCUT2D eigenvalue weighted by atomic mass is 35.5. The molecule has 0 radical (unpaired) electrons. The SMILES string of the molecule is O=C(CCc1ccc(F)cc1)Cn1cnc(Cl)c1. The fraction of sp³-hybridized carbons (Fsp3) is 0.231. The Morgan fingerprint density at radius 3 is 2.67 bits per heavy atom. The van der Waals surface area contributed by atoms with Crippen LogP contribution in [0.4, 0.5) is 4.39 Å². The molecule has 0 aliphatic rings. The molecule has 0 unspecified atom stereocenters. The Labute approximate surface area is 109 Å². The van der Waals surface area contributed by atoms with Gasteiger partial charge in [0.25, 0.3) is 0 Å². The van der Waals surface area contributed by atoms with E-state index in [9.17, 15) is 9.18 Å². The number of carbonyl (C=O) groups excluding carboxylic acids is 1. The van der Waals surface area contributed by atoms with E-state index in [1.54, 1.807) is 22.9 Å². The van der Waals surface area contributed by atoms with Crippen LogP contribution in [0.2, 0.25) is 5.15 Å². The van der Waals surface area contributed by atoms with Gasteiger partial charge in [0.05, 0.1) is 12.9 Å². The topological polar surface area (TPSA) is 34.9 Å². The molecule has 0 aliphatic heterocycles. The zero-order valence-corrected chi connectivity index (χ0v) is 10.4. The maximum atomic E-state index is 12.7. The summed E-state index contributed by atoms with van der Waals surface area (Å²) in [5, 5.41) is 0.376. The summed E-state index contributed by atoms with van der Waals surface area (Å²) in [6.07, 6.45) is 4.17. The maximum absolute atomic E-state index is 12.7. The van der Waals surface area contributed by atoms with Gasteiger partial charge in [-0.05, 0) is 24.1 Å². The lowest BCUT2D eigenvalue weighted by molar-refractivity contribution is -0.119. The van der Waals surface area contributed by atoms with Crippen LogP contribution in [-0.2, 0) is 17.8 Å². The molecular formula is C13H12ClFN2O. The molecule has 94 valence electrons. The molecule has 0 bridgehead atoms. The van der Waals surface area contributed by atoms with E-state index < -0.39 is 0 Å². The van der Waals surface area contributed by atoms with Gasteiger partial charge < -0.3 is 4.57 Å². The van der Waals surface area contributed by atoms with E-state index in [0.717, 1.165) is 5.56 Å². The van der Waals surface area contributed by atoms with Gasteiger partial charge in [-0.2, -0.15) is 0 Å². The average molecular weight is 267 g/mol.